The molecule has 1 aromatic carbocycles. The minimum atomic E-state index is 0.126. The van der Waals surface area contributed by atoms with E-state index in [9.17, 15) is 0 Å². The van der Waals surface area contributed by atoms with Crippen LogP contribution in [-0.4, -0.2) is 29.8 Å². The quantitative estimate of drug-likeness (QED) is 0.816. The lowest BCUT2D eigenvalue weighted by Gasteiger charge is -2.23. The number of fused-ring (bicyclic) bond motifs is 1. The predicted molar refractivity (Wildman–Crippen MR) is 73.7 cm³/mol. The SMILES string of the molecule is CCN(CCO)c1cc2nc(C)sc2cc1N. The lowest BCUT2D eigenvalue weighted by Crippen LogP contribution is -2.26. The van der Waals surface area contributed by atoms with Gasteiger partial charge in [-0.05, 0) is 26.0 Å². The van der Waals surface area contributed by atoms with E-state index in [1.165, 1.54) is 0 Å². The van der Waals surface area contributed by atoms with E-state index >= 15 is 0 Å². The molecule has 0 radical (unpaired) electrons. The molecule has 0 spiro atoms. The molecule has 0 aliphatic carbocycles. The van der Waals surface area contributed by atoms with Gasteiger partial charge in [0.15, 0.2) is 0 Å². The van der Waals surface area contributed by atoms with Gasteiger partial charge in [0.1, 0.15) is 0 Å². The number of rotatable bonds is 4. The lowest BCUT2D eigenvalue weighted by molar-refractivity contribution is 0.302. The highest BCUT2D eigenvalue weighted by Gasteiger charge is 2.11. The molecule has 0 unspecified atom stereocenters. The minimum Gasteiger partial charge on any atom is -0.397 e. The van der Waals surface area contributed by atoms with Gasteiger partial charge >= 0.3 is 0 Å². The first-order valence-electron chi connectivity index (χ1n) is 5.68. The molecule has 0 atom stereocenters. The molecule has 1 aromatic heterocycles. The zero-order valence-corrected chi connectivity index (χ0v) is 10.9. The monoisotopic (exact) mass is 251 g/mol. The highest BCUT2D eigenvalue weighted by molar-refractivity contribution is 7.18. The van der Waals surface area contributed by atoms with E-state index in [4.69, 9.17) is 10.8 Å². The molecule has 2 rings (SSSR count). The molecule has 0 fully saturated rings. The van der Waals surface area contributed by atoms with Crippen molar-refractivity contribution in [1.29, 1.82) is 0 Å². The number of anilines is 2. The van der Waals surface area contributed by atoms with Crippen molar-refractivity contribution in [3.05, 3.63) is 17.1 Å². The molecule has 1 heterocycles. The van der Waals surface area contributed by atoms with Crippen LogP contribution >= 0.6 is 11.3 Å². The summed E-state index contributed by atoms with van der Waals surface area (Å²) in [6.07, 6.45) is 0. The Morgan fingerprint density at radius 3 is 2.88 bits per heavy atom. The number of aliphatic hydroxyl groups is 1. The fourth-order valence-electron chi connectivity index (χ4n) is 1.94. The van der Waals surface area contributed by atoms with E-state index in [-0.39, 0.29) is 6.61 Å². The molecule has 0 aliphatic rings. The molecule has 0 amide bonds. The number of likely N-dealkylation sites (N-methyl/N-ethyl adjacent to an activating group) is 1. The smallest absolute Gasteiger partial charge is 0.0907 e. The largest absolute Gasteiger partial charge is 0.397 e. The Bertz CT molecular complexity index is 524. The number of hydrogen-bond acceptors (Lipinski definition) is 5. The van der Waals surface area contributed by atoms with Gasteiger partial charge in [-0.3, -0.25) is 0 Å². The number of aliphatic hydroxyl groups excluding tert-OH is 1. The highest BCUT2D eigenvalue weighted by atomic mass is 32.1. The van der Waals surface area contributed by atoms with Crippen molar-refractivity contribution in [2.24, 2.45) is 0 Å². The third-order valence-electron chi connectivity index (χ3n) is 2.74. The maximum Gasteiger partial charge on any atom is 0.0907 e. The summed E-state index contributed by atoms with van der Waals surface area (Å²) in [4.78, 5) is 6.52. The maximum atomic E-state index is 9.04. The van der Waals surface area contributed by atoms with E-state index in [1.807, 2.05) is 26.0 Å². The highest BCUT2D eigenvalue weighted by Crippen LogP contribution is 2.31. The van der Waals surface area contributed by atoms with Crippen LogP contribution < -0.4 is 10.6 Å². The van der Waals surface area contributed by atoms with E-state index in [0.717, 1.165) is 33.1 Å². The van der Waals surface area contributed by atoms with Gasteiger partial charge in [-0.1, -0.05) is 0 Å². The summed E-state index contributed by atoms with van der Waals surface area (Å²) in [6.45, 7) is 5.58. The van der Waals surface area contributed by atoms with Crippen molar-refractivity contribution in [3.63, 3.8) is 0 Å². The summed E-state index contributed by atoms with van der Waals surface area (Å²) in [5.41, 5.74) is 8.74. The number of nitrogens with two attached hydrogens (primary N) is 1. The van der Waals surface area contributed by atoms with Crippen LogP contribution in [0.2, 0.25) is 0 Å². The first-order chi connectivity index (χ1) is 8.15. The Labute approximate surface area is 105 Å². The van der Waals surface area contributed by atoms with Crippen molar-refractivity contribution in [1.82, 2.24) is 4.98 Å². The van der Waals surface area contributed by atoms with E-state index in [0.29, 0.717) is 6.54 Å². The molecule has 3 N–H and O–H groups in total. The topological polar surface area (TPSA) is 62.4 Å². The Balaban J connectivity index is 2.48. The van der Waals surface area contributed by atoms with Gasteiger partial charge in [0.2, 0.25) is 0 Å². The summed E-state index contributed by atoms with van der Waals surface area (Å²) in [6, 6.07) is 3.97. The molecule has 0 aliphatic heterocycles. The summed E-state index contributed by atoms with van der Waals surface area (Å²) in [5, 5.41) is 10.1. The van der Waals surface area contributed by atoms with Crippen LogP contribution in [0.4, 0.5) is 11.4 Å². The zero-order valence-electron chi connectivity index (χ0n) is 10.1. The van der Waals surface area contributed by atoms with Crippen LogP contribution in [0.5, 0.6) is 0 Å². The van der Waals surface area contributed by atoms with Crippen molar-refractivity contribution >= 4 is 32.9 Å². The molecule has 5 heteroatoms. The van der Waals surface area contributed by atoms with E-state index < -0.39 is 0 Å². The first-order valence-corrected chi connectivity index (χ1v) is 6.49. The Morgan fingerprint density at radius 2 is 2.24 bits per heavy atom. The van der Waals surface area contributed by atoms with Crippen LogP contribution in [0.3, 0.4) is 0 Å². The van der Waals surface area contributed by atoms with Crippen LogP contribution in [0.1, 0.15) is 11.9 Å². The third kappa shape index (κ3) is 2.35. The number of aromatic nitrogens is 1. The van der Waals surface area contributed by atoms with E-state index in [1.54, 1.807) is 11.3 Å². The molecule has 4 nitrogen and oxygen atoms in total. The Morgan fingerprint density at radius 1 is 1.47 bits per heavy atom. The number of hydrogen-bond donors (Lipinski definition) is 2. The number of thiazole rings is 1. The Kier molecular flexibility index (Phi) is 3.49. The molecule has 0 saturated carbocycles. The van der Waals surface area contributed by atoms with Gasteiger partial charge < -0.3 is 15.7 Å². The summed E-state index contributed by atoms with van der Waals surface area (Å²) in [7, 11) is 0. The average molecular weight is 251 g/mol. The number of nitrogen functional groups attached to an aromatic ring is 1. The predicted octanol–water partition coefficient (Wildman–Crippen LogP) is 2.01. The number of benzene rings is 1. The summed E-state index contributed by atoms with van der Waals surface area (Å²) in [5.74, 6) is 0. The lowest BCUT2D eigenvalue weighted by atomic mass is 10.2. The molecule has 17 heavy (non-hydrogen) atoms. The van der Waals surface area contributed by atoms with Crippen LogP contribution in [0.25, 0.3) is 10.2 Å². The van der Waals surface area contributed by atoms with Crippen LogP contribution in [0.15, 0.2) is 12.1 Å². The zero-order chi connectivity index (χ0) is 12.4. The maximum absolute atomic E-state index is 9.04. The van der Waals surface area contributed by atoms with E-state index in [2.05, 4.69) is 9.88 Å². The molecule has 2 aromatic rings. The summed E-state index contributed by atoms with van der Waals surface area (Å²) < 4.78 is 1.11. The second-order valence-corrected chi connectivity index (χ2v) is 5.15. The second kappa shape index (κ2) is 4.89. The number of aryl methyl sites for hydroxylation is 1. The standard InChI is InChI=1S/C12H17N3OS/c1-3-15(4-5-16)11-7-10-12(6-9(11)13)17-8(2)14-10/h6-7,16H,3-5,13H2,1-2H3. The van der Waals surface area contributed by atoms with Crippen molar-refractivity contribution < 1.29 is 5.11 Å². The molecular formula is C12H17N3OS. The van der Waals surface area contributed by atoms with Crippen LogP contribution in [0, 0.1) is 6.92 Å². The van der Waals surface area contributed by atoms with Gasteiger partial charge in [0.05, 0.1) is 33.2 Å². The van der Waals surface area contributed by atoms with Gasteiger partial charge in [-0.15, -0.1) is 11.3 Å². The van der Waals surface area contributed by atoms with Crippen molar-refractivity contribution in [2.45, 2.75) is 13.8 Å². The van der Waals surface area contributed by atoms with Crippen LogP contribution in [-0.2, 0) is 0 Å². The molecule has 0 bridgehead atoms. The summed E-state index contributed by atoms with van der Waals surface area (Å²) >= 11 is 1.65. The fourth-order valence-corrected chi connectivity index (χ4v) is 2.79. The molecular weight excluding hydrogens is 234 g/mol. The van der Waals surface area contributed by atoms with Crippen molar-refractivity contribution in [2.75, 3.05) is 30.3 Å². The third-order valence-corrected chi connectivity index (χ3v) is 3.67. The number of nitrogens with zero attached hydrogens (tertiary/aromatic N) is 2. The van der Waals surface area contributed by atoms with Gasteiger partial charge in [-0.25, -0.2) is 4.98 Å². The second-order valence-electron chi connectivity index (χ2n) is 3.91. The fraction of sp³-hybridized carbons (Fsp3) is 0.417. The van der Waals surface area contributed by atoms with Gasteiger partial charge in [0.25, 0.3) is 0 Å². The van der Waals surface area contributed by atoms with Gasteiger partial charge in [0, 0.05) is 13.1 Å². The van der Waals surface area contributed by atoms with Gasteiger partial charge in [-0.2, -0.15) is 0 Å². The normalized spacial score (nSPS) is 11.0. The Hall–Kier alpha value is -1.33. The molecule has 92 valence electrons. The first kappa shape index (κ1) is 12.1. The van der Waals surface area contributed by atoms with Crippen molar-refractivity contribution in [3.8, 4) is 0 Å². The minimum absolute atomic E-state index is 0.126. The molecule has 0 saturated heterocycles. The average Bonchev–Trinajstić information content (AvgIpc) is 2.64.